The van der Waals surface area contributed by atoms with E-state index in [0.717, 1.165) is 24.3 Å². The van der Waals surface area contributed by atoms with Gasteiger partial charge >= 0.3 is 0 Å². The van der Waals surface area contributed by atoms with Crippen LogP contribution in [0.15, 0.2) is 42.5 Å². The van der Waals surface area contributed by atoms with Gasteiger partial charge in [0.2, 0.25) is 5.91 Å². The summed E-state index contributed by atoms with van der Waals surface area (Å²) in [5.74, 6) is 0.571. The fraction of sp³-hybridized carbons (Fsp3) is 0.316. The SMILES string of the molecule is CCOc1ccc2c(c1)CN(CC(=O)Nc1ccccc1[N+](=O)[O-])CC2. The first kappa shape index (κ1) is 17.9. The second-order valence-electron chi connectivity index (χ2n) is 6.15. The predicted octanol–water partition coefficient (Wildman–Crippen LogP) is 2.99. The van der Waals surface area contributed by atoms with E-state index >= 15 is 0 Å². The van der Waals surface area contributed by atoms with Crippen LogP contribution in [-0.2, 0) is 17.8 Å². The number of nitro benzene ring substituents is 1. The van der Waals surface area contributed by atoms with Crippen molar-refractivity contribution in [2.45, 2.75) is 19.9 Å². The second-order valence-corrected chi connectivity index (χ2v) is 6.15. The molecule has 0 unspecified atom stereocenters. The molecule has 7 heteroatoms. The normalized spacial score (nSPS) is 13.7. The summed E-state index contributed by atoms with van der Waals surface area (Å²) in [5, 5.41) is 13.7. The van der Waals surface area contributed by atoms with Crippen molar-refractivity contribution in [1.29, 1.82) is 0 Å². The standard InChI is InChI=1S/C19H21N3O4/c1-2-26-16-8-7-14-9-10-21(12-15(14)11-16)13-19(23)20-17-5-3-4-6-18(17)22(24)25/h3-8,11H,2,9-10,12-13H2,1H3,(H,20,23). The maximum absolute atomic E-state index is 12.3. The molecule has 1 aliphatic rings. The highest BCUT2D eigenvalue weighted by molar-refractivity contribution is 5.94. The zero-order chi connectivity index (χ0) is 18.5. The van der Waals surface area contributed by atoms with Crippen LogP contribution in [0, 0.1) is 10.1 Å². The Balaban J connectivity index is 1.64. The van der Waals surface area contributed by atoms with Gasteiger partial charge in [0, 0.05) is 19.2 Å². The molecular formula is C19H21N3O4. The van der Waals surface area contributed by atoms with Crippen LogP contribution in [0.3, 0.4) is 0 Å². The fourth-order valence-electron chi connectivity index (χ4n) is 3.11. The van der Waals surface area contributed by atoms with Crippen molar-refractivity contribution < 1.29 is 14.5 Å². The molecule has 7 nitrogen and oxygen atoms in total. The lowest BCUT2D eigenvalue weighted by molar-refractivity contribution is -0.383. The second kappa shape index (κ2) is 7.97. The summed E-state index contributed by atoms with van der Waals surface area (Å²) in [5.41, 5.74) is 2.54. The van der Waals surface area contributed by atoms with E-state index in [1.807, 2.05) is 24.0 Å². The summed E-state index contributed by atoms with van der Waals surface area (Å²) in [7, 11) is 0. The maximum atomic E-state index is 12.3. The maximum Gasteiger partial charge on any atom is 0.292 e. The molecule has 0 atom stereocenters. The van der Waals surface area contributed by atoms with Crippen LogP contribution < -0.4 is 10.1 Å². The average molecular weight is 355 g/mol. The van der Waals surface area contributed by atoms with E-state index in [-0.39, 0.29) is 23.8 Å². The minimum absolute atomic E-state index is 0.105. The van der Waals surface area contributed by atoms with E-state index in [4.69, 9.17) is 4.74 Å². The molecule has 1 amide bonds. The Bertz CT molecular complexity index is 822. The Morgan fingerprint density at radius 2 is 2.08 bits per heavy atom. The van der Waals surface area contributed by atoms with E-state index in [9.17, 15) is 14.9 Å². The highest BCUT2D eigenvalue weighted by Gasteiger charge is 2.21. The van der Waals surface area contributed by atoms with Gasteiger partial charge in [-0.25, -0.2) is 0 Å². The van der Waals surface area contributed by atoms with Crippen molar-refractivity contribution in [1.82, 2.24) is 4.90 Å². The van der Waals surface area contributed by atoms with E-state index in [1.54, 1.807) is 12.1 Å². The molecule has 0 bridgehead atoms. The molecule has 2 aromatic carbocycles. The third kappa shape index (κ3) is 4.18. The summed E-state index contributed by atoms with van der Waals surface area (Å²) >= 11 is 0. The minimum atomic E-state index is -0.498. The van der Waals surface area contributed by atoms with Gasteiger partial charge in [0.05, 0.1) is 18.1 Å². The first-order chi connectivity index (χ1) is 12.6. The van der Waals surface area contributed by atoms with Gasteiger partial charge in [0.25, 0.3) is 5.69 Å². The monoisotopic (exact) mass is 355 g/mol. The third-order valence-corrected chi connectivity index (χ3v) is 4.32. The van der Waals surface area contributed by atoms with E-state index in [1.165, 1.54) is 17.7 Å². The van der Waals surface area contributed by atoms with Gasteiger partial charge in [-0.15, -0.1) is 0 Å². The van der Waals surface area contributed by atoms with Gasteiger partial charge in [-0.3, -0.25) is 19.8 Å². The summed E-state index contributed by atoms with van der Waals surface area (Å²) in [6.45, 7) is 4.16. The largest absolute Gasteiger partial charge is 0.494 e. The Morgan fingerprint density at radius 3 is 2.85 bits per heavy atom. The molecule has 0 saturated heterocycles. The Kier molecular flexibility index (Phi) is 5.48. The number of para-hydroxylation sites is 2. The molecule has 0 aliphatic carbocycles. The topological polar surface area (TPSA) is 84.7 Å². The molecule has 0 saturated carbocycles. The lowest BCUT2D eigenvalue weighted by Crippen LogP contribution is -2.37. The van der Waals surface area contributed by atoms with Gasteiger partial charge in [-0.05, 0) is 42.7 Å². The lowest BCUT2D eigenvalue weighted by Gasteiger charge is -2.28. The summed E-state index contributed by atoms with van der Waals surface area (Å²) in [4.78, 5) is 24.9. The number of nitrogens with zero attached hydrogens (tertiary/aromatic N) is 2. The number of rotatable bonds is 6. The van der Waals surface area contributed by atoms with Crippen LogP contribution in [0.5, 0.6) is 5.75 Å². The van der Waals surface area contributed by atoms with Crippen LogP contribution in [0.1, 0.15) is 18.1 Å². The molecular weight excluding hydrogens is 334 g/mol. The lowest BCUT2D eigenvalue weighted by atomic mass is 9.99. The first-order valence-electron chi connectivity index (χ1n) is 8.57. The zero-order valence-corrected chi connectivity index (χ0v) is 14.6. The number of nitrogens with one attached hydrogen (secondary N) is 1. The molecule has 0 radical (unpaired) electrons. The summed E-state index contributed by atoms with van der Waals surface area (Å²) in [6.07, 6.45) is 0.862. The van der Waals surface area contributed by atoms with Gasteiger partial charge in [-0.2, -0.15) is 0 Å². The molecule has 1 aliphatic heterocycles. The van der Waals surface area contributed by atoms with Crippen LogP contribution in [0.4, 0.5) is 11.4 Å². The predicted molar refractivity (Wildman–Crippen MR) is 98.3 cm³/mol. The van der Waals surface area contributed by atoms with Crippen LogP contribution in [0.25, 0.3) is 0 Å². The van der Waals surface area contributed by atoms with Crippen molar-refractivity contribution in [3.63, 3.8) is 0 Å². The van der Waals surface area contributed by atoms with Crippen molar-refractivity contribution in [2.75, 3.05) is 25.0 Å². The summed E-state index contributed by atoms with van der Waals surface area (Å²) in [6, 6.07) is 12.2. The van der Waals surface area contributed by atoms with Crippen LogP contribution in [0.2, 0.25) is 0 Å². The molecule has 1 N–H and O–H groups in total. The fourth-order valence-corrected chi connectivity index (χ4v) is 3.11. The van der Waals surface area contributed by atoms with Crippen LogP contribution >= 0.6 is 0 Å². The van der Waals surface area contributed by atoms with Crippen molar-refractivity contribution >= 4 is 17.3 Å². The van der Waals surface area contributed by atoms with Gasteiger partial charge in [-0.1, -0.05) is 18.2 Å². The number of ether oxygens (including phenoxy) is 1. The smallest absolute Gasteiger partial charge is 0.292 e. The molecule has 2 aromatic rings. The highest BCUT2D eigenvalue weighted by atomic mass is 16.6. The number of carbonyl (C=O) groups is 1. The van der Waals surface area contributed by atoms with Gasteiger partial charge < -0.3 is 10.1 Å². The van der Waals surface area contributed by atoms with Crippen molar-refractivity contribution in [3.8, 4) is 5.75 Å². The Labute approximate surface area is 151 Å². The molecule has 1 heterocycles. The van der Waals surface area contributed by atoms with Crippen molar-refractivity contribution in [2.24, 2.45) is 0 Å². The van der Waals surface area contributed by atoms with Crippen molar-refractivity contribution in [3.05, 3.63) is 63.7 Å². The quantitative estimate of drug-likeness (QED) is 0.636. The highest BCUT2D eigenvalue weighted by Crippen LogP contribution is 2.25. The minimum Gasteiger partial charge on any atom is -0.494 e. The van der Waals surface area contributed by atoms with Crippen LogP contribution in [-0.4, -0.2) is 35.4 Å². The van der Waals surface area contributed by atoms with E-state index in [0.29, 0.717) is 13.2 Å². The number of fused-ring (bicyclic) bond motifs is 1. The first-order valence-corrected chi connectivity index (χ1v) is 8.57. The average Bonchev–Trinajstić information content (AvgIpc) is 2.62. The molecule has 136 valence electrons. The number of hydrogen-bond acceptors (Lipinski definition) is 5. The number of hydrogen-bond donors (Lipinski definition) is 1. The Morgan fingerprint density at radius 1 is 1.27 bits per heavy atom. The van der Waals surface area contributed by atoms with Gasteiger partial charge in [0.1, 0.15) is 11.4 Å². The van der Waals surface area contributed by atoms with Gasteiger partial charge in [0.15, 0.2) is 0 Å². The number of anilines is 1. The molecule has 26 heavy (non-hydrogen) atoms. The molecule has 0 fully saturated rings. The van der Waals surface area contributed by atoms with E-state index < -0.39 is 4.92 Å². The number of carbonyl (C=O) groups excluding carboxylic acids is 1. The third-order valence-electron chi connectivity index (χ3n) is 4.32. The number of benzene rings is 2. The Hall–Kier alpha value is -2.93. The molecule has 0 spiro atoms. The number of amides is 1. The molecule has 3 rings (SSSR count). The molecule has 0 aromatic heterocycles. The number of nitro groups is 1. The zero-order valence-electron chi connectivity index (χ0n) is 14.6. The van der Waals surface area contributed by atoms with E-state index in [2.05, 4.69) is 11.4 Å². The summed E-state index contributed by atoms with van der Waals surface area (Å²) < 4.78 is 5.54.